The molecular formula is C18H18N4O4S. The lowest BCUT2D eigenvalue weighted by atomic mass is 10.2. The third-order valence-electron chi connectivity index (χ3n) is 3.89. The van der Waals surface area contributed by atoms with E-state index >= 15 is 0 Å². The molecule has 0 bridgehead atoms. The Hall–Kier alpha value is -3.04. The molecular weight excluding hydrogens is 368 g/mol. The number of hydrogen-bond acceptors (Lipinski definition) is 6. The fourth-order valence-electron chi connectivity index (χ4n) is 2.70. The minimum atomic E-state index is -1.08. The van der Waals surface area contributed by atoms with Crippen LogP contribution in [-0.4, -0.2) is 45.9 Å². The van der Waals surface area contributed by atoms with E-state index < -0.39 is 11.9 Å². The number of aryl methyl sites for hydroxylation is 1. The van der Waals surface area contributed by atoms with Crippen LogP contribution in [0.15, 0.2) is 29.1 Å². The highest BCUT2D eigenvalue weighted by Crippen LogP contribution is 2.28. The van der Waals surface area contributed by atoms with Crippen molar-refractivity contribution in [2.24, 2.45) is 0 Å². The number of carbonyl (C=O) groups is 2. The number of benzene rings is 1. The minimum Gasteiger partial charge on any atom is -0.478 e. The standard InChI is InChI=1S/C18H18N4O4S/c1-9-13-15(23)20-12(8-22(2)3)21-17(13)27-14(9)16(24)19-11-6-4-5-10(7-11)18(25)26/h4-7H,8H2,1-3H3,(H,19,24)(H,25,26)(H,20,21,23). The van der Waals surface area contributed by atoms with Crippen LogP contribution >= 0.6 is 11.3 Å². The van der Waals surface area contributed by atoms with E-state index in [9.17, 15) is 14.4 Å². The van der Waals surface area contributed by atoms with Gasteiger partial charge in [0.1, 0.15) is 10.7 Å². The molecule has 0 unspecified atom stereocenters. The van der Waals surface area contributed by atoms with Crippen molar-refractivity contribution in [3.05, 3.63) is 56.4 Å². The SMILES string of the molecule is Cc1c(C(=O)Nc2cccc(C(=O)O)c2)sc2nc(CN(C)C)[nH]c(=O)c12. The van der Waals surface area contributed by atoms with Crippen molar-refractivity contribution >= 4 is 39.1 Å². The molecule has 0 saturated heterocycles. The van der Waals surface area contributed by atoms with Gasteiger partial charge < -0.3 is 20.3 Å². The summed E-state index contributed by atoms with van der Waals surface area (Å²) in [5.41, 5.74) is 0.712. The number of aromatic nitrogens is 2. The maximum atomic E-state index is 12.7. The van der Waals surface area contributed by atoms with E-state index in [-0.39, 0.29) is 11.1 Å². The number of carboxylic acids is 1. The van der Waals surface area contributed by atoms with Gasteiger partial charge in [-0.2, -0.15) is 0 Å². The van der Waals surface area contributed by atoms with Gasteiger partial charge in [0.05, 0.1) is 22.4 Å². The largest absolute Gasteiger partial charge is 0.478 e. The lowest BCUT2D eigenvalue weighted by molar-refractivity contribution is 0.0696. The molecule has 0 aliphatic rings. The Morgan fingerprint density at radius 1 is 1.33 bits per heavy atom. The number of amides is 1. The number of fused-ring (bicyclic) bond motifs is 1. The third-order valence-corrected chi connectivity index (χ3v) is 5.07. The summed E-state index contributed by atoms with van der Waals surface area (Å²) in [5.74, 6) is -0.959. The number of nitrogens with one attached hydrogen (secondary N) is 2. The zero-order valence-electron chi connectivity index (χ0n) is 15.0. The minimum absolute atomic E-state index is 0.0762. The summed E-state index contributed by atoms with van der Waals surface area (Å²) in [6.45, 7) is 2.18. The Morgan fingerprint density at radius 3 is 2.74 bits per heavy atom. The fraction of sp³-hybridized carbons (Fsp3) is 0.222. The number of H-pyrrole nitrogens is 1. The number of hydrogen-bond donors (Lipinski definition) is 3. The average molecular weight is 386 g/mol. The second kappa shape index (κ2) is 7.29. The highest BCUT2D eigenvalue weighted by Gasteiger charge is 2.20. The van der Waals surface area contributed by atoms with E-state index in [2.05, 4.69) is 15.3 Å². The molecule has 2 aromatic heterocycles. The molecule has 0 spiro atoms. The molecule has 0 aliphatic heterocycles. The molecule has 2 heterocycles. The summed E-state index contributed by atoms with van der Waals surface area (Å²) in [4.78, 5) is 46.1. The molecule has 3 rings (SSSR count). The van der Waals surface area contributed by atoms with E-state index in [1.54, 1.807) is 19.1 Å². The first kappa shape index (κ1) is 18.7. The van der Waals surface area contributed by atoms with Crippen LogP contribution in [0.4, 0.5) is 5.69 Å². The normalized spacial score (nSPS) is 11.1. The lowest BCUT2D eigenvalue weighted by Crippen LogP contribution is -2.18. The molecule has 0 radical (unpaired) electrons. The third kappa shape index (κ3) is 3.88. The number of aromatic amines is 1. The van der Waals surface area contributed by atoms with E-state index in [4.69, 9.17) is 5.11 Å². The zero-order valence-corrected chi connectivity index (χ0v) is 15.8. The maximum absolute atomic E-state index is 12.7. The monoisotopic (exact) mass is 386 g/mol. The quantitative estimate of drug-likeness (QED) is 0.620. The summed E-state index contributed by atoms with van der Waals surface area (Å²) in [7, 11) is 3.74. The number of anilines is 1. The lowest BCUT2D eigenvalue weighted by Gasteiger charge is -2.07. The van der Waals surface area contributed by atoms with Crippen LogP contribution in [0.2, 0.25) is 0 Å². The molecule has 1 amide bonds. The summed E-state index contributed by atoms with van der Waals surface area (Å²) in [6, 6.07) is 5.98. The van der Waals surface area contributed by atoms with Crippen LogP contribution < -0.4 is 10.9 Å². The van der Waals surface area contributed by atoms with E-state index in [0.29, 0.717) is 38.7 Å². The van der Waals surface area contributed by atoms with Crippen molar-refractivity contribution in [1.82, 2.24) is 14.9 Å². The first-order valence-corrected chi connectivity index (χ1v) is 8.89. The molecule has 1 aromatic carbocycles. The number of thiophene rings is 1. The van der Waals surface area contributed by atoms with Crippen LogP contribution in [0.1, 0.15) is 31.4 Å². The van der Waals surface area contributed by atoms with E-state index in [1.165, 1.54) is 12.1 Å². The highest BCUT2D eigenvalue weighted by molar-refractivity contribution is 7.20. The van der Waals surface area contributed by atoms with Crippen molar-refractivity contribution in [2.75, 3.05) is 19.4 Å². The van der Waals surface area contributed by atoms with Crippen molar-refractivity contribution in [3.8, 4) is 0 Å². The van der Waals surface area contributed by atoms with Gasteiger partial charge in [-0.3, -0.25) is 9.59 Å². The van der Waals surface area contributed by atoms with E-state index in [0.717, 1.165) is 11.3 Å². The highest BCUT2D eigenvalue weighted by atomic mass is 32.1. The van der Waals surface area contributed by atoms with Gasteiger partial charge in [-0.1, -0.05) is 6.07 Å². The van der Waals surface area contributed by atoms with Crippen LogP contribution in [-0.2, 0) is 6.54 Å². The molecule has 27 heavy (non-hydrogen) atoms. The maximum Gasteiger partial charge on any atom is 0.335 e. The van der Waals surface area contributed by atoms with Gasteiger partial charge in [0, 0.05) is 5.69 Å². The number of aromatic carboxylic acids is 1. The fourth-order valence-corrected chi connectivity index (χ4v) is 3.79. The van der Waals surface area contributed by atoms with Gasteiger partial charge in [-0.15, -0.1) is 11.3 Å². The average Bonchev–Trinajstić information content (AvgIpc) is 2.91. The van der Waals surface area contributed by atoms with Gasteiger partial charge in [0.15, 0.2) is 0 Å². The van der Waals surface area contributed by atoms with Crippen molar-refractivity contribution in [3.63, 3.8) is 0 Å². The van der Waals surface area contributed by atoms with Crippen LogP contribution in [0, 0.1) is 6.92 Å². The number of carboxylic acid groups (broad SMARTS) is 1. The Kier molecular flexibility index (Phi) is 5.06. The van der Waals surface area contributed by atoms with Crippen molar-refractivity contribution in [1.29, 1.82) is 0 Å². The topological polar surface area (TPSA) is 115 Å². The molecule has 9 heteroatoms. The van der Waals surface area contributed by atoms with Gasteiger partial charge in [0.25, 0.3) is 11.5 Å². The Balaban J connectivity index is 1.96. The second-order valence-electron chi connectivity index (χ2n) is 6.33. The summed E-state index contributed by atoms with van der Waals surface area (Å²) < 4.78 is 0. The van der Waals surface area contributed by atoms with Gasteiger partial charge in [-0.25, -0.2) is 9.78 Å². The Morgan fingerprint density at radius 2 is 2.07 bits per heavy atom. The predicted octanol–water partition coefficient (Wildman–Crippen LogP) is 2.31. The second-order valence-corrected chi connectivity index (χ2v) is 7.33. The summed E-state index contributed by atoms with van der Waals surface area (Å²) >= 11 is 1.14. The van der Waals surface area contributed by atoms with Crippen LogP contribution in [0.5, 0.6) is 0 Å². The molecule has 0 aliphatic carbocycles. The summed E-state index contributed by atoms with van der Waals surface area (Å²) in [6.07, 6.45) is 0. The number of rotatable bonds is 5. The summed E-state index contributed by atoms with van der Waals surface area (Å²) in [5, 5.41) is 12.1. The van der Waals surface area contributed by atoms with Crippen molar-refractivity contribution in [2.45, 2.75) is 13.5 Å². The molecule has 0 atom stereocenters. The first-order valence-electron chi connectivity index (χ1n) is 8.08. The van der Waals surface area contributed by atoms with Crippen molar-refractivity contribution < 1.29 is 14.7 Å². The first-order chi connectivity index (χ1) is 12.8. The van der Waals surface area contributed by atoms with Gasteiger partial charge in [0.2, 0.25) is 0 Å². The number of carbonyl (C=O) groups excluding carboxylic acids is 1. The molecule has 8 nitrogen and oxygen atoms in total. The Labute approximate surface area is 158 Å². The molecule has 3 N–H and O–H groups in total. The van der Waals surface area contributed by atoms with Gasteiger partial charge in [-0.05, 0) is 44.8 Å². The van der Waals surface area contributed by atoms with Gasteiger partial charge >= 0.3 is 5.97 Å². The predicted molar refractivity (Wildman–Crippen MR) is 104 cm³/mol. The molecule has 0 saturated carbocycles. The molecule has 140 valence electrons. The molecule has 0 fully saturated rings. The molecule has 3 aromatic rings. The van der Waals surface area contributed by atoms with Crippen LogP contribution in [0.3, 0.4) is 0 Å². The Bertz CT molecular complexity index is 1100. The number of nitrogens with zero attached hydrogens (tertiary/aromatic N) is 2. The van der Waals surface area contributed by atoms with E-state index in [1.807, 2.05) is 19.0 Å². The van der Waals surface area contributed by atoms with Crippen LogP contribution in [0.25, 0.3) is 10.2 Å². The smallest absolute Gasteiger partial charge is 0.335 e. The zero-order chi connectivity index (χ0) is 19.7.